The van der Waals surface area contributed by atoms with Crippen molar-refractivity contribution in [3.63, 3.8) is 0 Å². The van der Waals surface area contributed by atoms with Crippen LogP contribution in [0.5, 0.6) is 11.5 Å². The van der Waals surface area contributed by atoms with Gasteiger partial charge in [-0.1, -0.05) is 36.4 Å². The van der Waals surface area contributed by atoms with Crippen LogP contribution in [0.15, 0.2) is 48.6 Å². The minimum absolute atomic E-state index is 0.307. The Kier molecular flexibility index (Phi) is 6.49. The molecule has 0 N–H and O–H groups in total. The summed E-state index contributed by atoms with van der Waals surface area (Å²) in [7, 11) is 1.66. The van der Waals surface area contributed by atoms with Crippen LogP contribution in [-0.4, -0.2) is 19.5 Å². The minimum Gasteiger partial charge on any atom is -0.493 e. The van der Waals surface area contributed by atoms with Gasteiger partial charge in [-0.15, -0.1) is 0 Å². The van der Waals surface area contributed by atoms with Gasteiger partial charge in [0, 0.05) is 0 Å². The molecule has 0 bridgehead atoms. The molecule has 3 heteroatoms. The summed E-state index contributed by atoms with van der Waals surface area (Å²) < 4.78 is 11.4. The minimum atomic E-state index is 0.307. The monoisotopic (exact) mass is 298 g/mol. The summed E-state index contributed by atoms with van der Waals surface area (Å²) in [4.78, 5) is 10.1. The average molecular weight is 298 g/mol. The van der Waals surface area contributed by atoms with E-state index in [4.69, 9.17) is 9.47 Å². The van der Waals surface area contributed by atoms with E-state index in [-0.39, 0.29) is 0 Å². The van der Waals surface area contributed by atoms with Crippen LogP contribution in [0.4, 0.5) is 0 Å². The van der Waals surface area contributed by atoms with Crippen molar-refractivity contribution < 1.29 is 14.3 Å². The van der Waals surface area contributed by atoms with Gasteiger partial charge >= 0.3 is 0 Å². The molecular weight excluding hydrogens is 276 g/mol. The first kappa shape index (κ1) is 16.1. The highest BCUT2D eigenvalue weighted by atomic mass is 16.5. The zero-order valence-electron chi connectivity index (χ0n) is 12.9. The summed E-state index contributed by atoms with van der Waals surface area (Å²) in [6, 6.07) is 5.93. The molecule has 0 spiro atoms. The third-order valence-corrected chi connectivity index (χ3v) is 3.60. The summed E-state index contributed by atoms with van der Waals surface area (Å²) >= 11 is 0. The topological polar surface area (TPSA) is 35.5 Å². The van der Waals surface area contributed by atoms with Crippen LogP contribution in [0.2, 0.25) is 0 Å². The highest BCUT2D eigenvalue weighted by Crippen LogP contribution is 2.32. The van der Waals surface area contributed by atoms with Gasteiger partial charge in [0.15, 0.2) is 11.5 Å². The smallest absolute Gasteiger partial charge is 0.162 e. The molecule has 0 heterocycles. The Morgan fingerprint density at radius 1 is 1.00 bits per heavy atom. The van der Waals surface area contributed by atoms with Gasteiger partial charge in [0.2, 0.25) is 0 Å². The van der Waals surface area contributed by atoms with Crippen LogP contribution in [0, 0.1) is 0 Å². The predicted octanol–water partition coefficient (Wildman–Crippen LogP) is 4.34. The van der Waals surface area contributed by atoms with E-state index < -0.39 is 0 Å². The number of carbonyl (C=O) groups excluding carboxylic acids is 1. The van der Waals surface area contributed by atoms with Crippen molar-refractivity contribution in [1.29, 1.82) is 0 Å². The molecule has 0 radical (unpaired) electrons. The van der Waals surface area contributed by atoms with Crippen LogP contribution >= 0.6 is 0 Å². The lowest BCUT2D eigenvalue weighted by molar-refractivity contribution is -0.104. The lowest BCUT2D eigenvalue weighted by atomic mass is 10.2. The van der Waals surface area contributed by atoms with Crippen molar-refractivity contribution in [1.82, 2.24) is 0 Å². The standard InChI is InChI=1S/C19H22O3/c1-21-18-13-12-16(9-5-3-2-4-8-14-20)15-19(18)22-17-10-6-7-11-17/h2-5,8-9,12-15,17H,6-7,10-11H2,1H3/b3-2+,8-4+,9-5+. The molecule has 1 aliphatic carbocycles. The molecule has 1 aromatic rings. The number of aldehydes is 1. The maximum absolute atomic E-state index is 10.1. The van der Waals surface area contributed by atoms with Crippen molar-refractivity contribution in [2.45, 2.75) is 31.8 Å². The van der Waals surface area contributed by atoms with Crippen molar-refractivity contribution in [3.05, 3.63) is 54.1 Å². The van der Waals surface area contributed by atoms with E-state index in [9.17, 15) is 4.79 Å². The number of hydrogen-bond acceptors (Lipinski definition) is 3. The van der Waals surface area contributed by atoms with Gasteiger partial charge < -0.3 is 9.47 Å². The molecule has 22 heavy (non-hydrogen) atoms. The third-order valence-electron chi connectivity index (χ3n) is 3.60. The van der Waals surface area contributed by atoms with Crippen LogP contribution in [0.25, 0.3) is 6.08 Å². The van der Waals surface area contributed by atoms with Gasteiger partial charge in [-0.05, 0) is 49.5 Å². The Hall–Kier alpha value is -2.29. The Balaban J connectivity index is 2.05. The third kappa shape index (κ3) is 4.92. The van der Waals surface area contributed by atoms with Crippen molar-refractivity contribution in [2.24, 2.45) is 0 Å². The van der Waals surface area contributed by atoms with Crippen LogP contribution in [0.1, 0.15) is 31.2 Å². The quantitative estimate of drug-likeness (QED) is 0.427. The molecule has 3 nitrogen and oxygen atoms in total. The highest BCUT2D eigenvalue weighted by Gasteiger charge is 2.18. The number of carbonyl (C=O) groups is 1. The maximum Gasteiger partial charge on any atom is 0.162 e. The van der Waals surface area contributed by atoms with Gasteiger partial charge in [-0.25, -0.2) is 0 Å². The summed E-state index contributed by atoms with van der Waals surface area (Å²) in [6.45, 7) is 0. The number of methoxy groups -OCH3 is 1. The molecule has 116 valence electrons. The van der Waals surface area contributed by atoms with Crippen LogP contribution in [-0.2, 0) is 4.79 Å². The van der Waals surface area contributed by atoms with Crippen molar-refractivity contribution in [2.75, 3.05) is 7.11 Å². The second-order valence-electron chi connectivity index (χ2n) is 5.20. The first-order valence-corrected chi connectivity index (χ1v) is 7.63. The number of allylic oxidation sites excluding steroid dienone is 5. The van der Waals surface area contributed by atoms with E-state index >= 15 is 0 Å². The lowest BCUT2D eigenvalue weighted by Gasteiger charge is -2.16. The number of rotatable bonds is 7. The zero-order chi connectivity index (χ0) is 15.6. The van der Waals surface area contributed by atoms with Crippen LogP contribution in [0.3, 0.4) is 0 Å². The molecule has 1 aliphatic rings. The zero-order valence-corrected chi connectivity index (χ0v) is 12.9. The van der Waals surface area contributed by atoms with E-state index in [2.05, 4.69) is 0 Å². The van der Waals surface area contributed by atoms with Gasteiger partial charge in [0.1, 0.15) is 6.29 Å². The first-order valence-electron chi connectivity index (χ1n) is 7.63. The molecule has 0 unspecified atom stereocenters. The Labute approximate surface area is 131 Å². The molecule has 1 saturated carbocycles. The van der Waals surface area contributed by atoms with Gasteiger partial charge in [-0.3, -0.25) is 4.79 Å². The molecule has 0 atom stereocenters. The number of ether oxygens (including phenoxy) is 2. The molecule has 0 saturated heterocycles. The number of benzene rings is 1. The highest BCUT2D eigenvalue weighted by molar-refractivity contribution is 5.65. The molecule has 0 amide bonds. The fraction of sp³-hybridized carbons (Fsp3) is 0.316. The molecule has 2 rings (SSSR count). The largest absolute Gasteiger partial charge is 0.493 e. The fourth-order valence-electron chi connectivity index (χ4n) is 2.48. The Morgan fingerprint density at radius 2 is 1.73 bits per heavy atom. The van der Waals surface area contributed by atoms with E-state index in [1.54, 1.807) is 13.2 Å². The van der Waals surface area contributed by atoms with Gasteiger partial charge in [-0.2, -0.15) is 0 Å². The van der Waals surface area contributed by atoms with Crippen LogP contribution < -0.4 is 9.47 Å². The summed E-state index contributed by atoms with van der Waals surface area (Å²) in [6.07, 6.45) is 16.5. The van der Waals surface area contributed by atoms with E-state index in [0.29, 0.717) is 6.10 Å². The normalized spacial score (nSPS) is 16.0. The summed E-state index contributed by atoms with van der Waals surface area (Å²) in [5.74, 6) is 1.58. The predicted molar refractivity (Wildman–Crippen MR) is 89.3 cm³/mol. The molecule has 1 aromatic carbocycles. The van der Waals surface area contributed by atoms with Crippen molar-refractivity contribution >= 4 is 12.4 Å². The van der Waals surface area contributed by atoms with E-state index in [1.807, 2.05) is 42.5 Å². The first-order chi connectivity index (χ1) is 10.8. The summed E-state index contributed by atoms with van der Waals surface area (Å²) in [5, 5.41) is 0. The Morgan fingerprint density at radius 3 is 2.45 bits per heavy atom. The SMILES string of the molecule is COc1ccc(/C=C/C=C/C=C/C=O)cc1OC1CCCC1. The van der Waals surface area contributed by atoms with Gasteiger partial charge in [0.25, 0.3) is 0 Å². The molecular formula is C19H22O3. The summed E-state index contributed by atoms with van der Waals surface area (Å²) in [5.41, 5.74) is 1.05. The molecule has 1 fully saturated rings. The van der Waals surface area contributed by atoms with E-state index in [0.717, 1.165) is 36.2 Å². The second-order valence-corrected chi connectivity index (χ2v) is 5.20. The second kappa shape index (κ2) is 8.88. The fourth-order valence-corrected chi connectivity index (χ4v) is 2.48. The Bertz CT molecular complexity index is 564. The molecule has 0 aromatic heterocycles. The van der Waals surface area contributed by atoms with E-state index in [1.165, 1.54) is 18.9 Å². The average Bonchev–Trinajstić information content (AvgIpc) is 3.04. The molecule has 0 aliphatic heterocycles. The lowest BCUT2D eigenvalue weighted by Crippen LogP contribution is -2.11. The van der Waals surface area contributed by atoms with Gasteiger partial charge in [0.05, 0.1) is 13.2 Å². The number of hydrogen-bond donors (Lipinski definition) is 0. The maximum atomic E-state index is 10.1. The van der Waals surface area contributed by atoms with Crippen molar-refractivity contribution in [3.8, 4) is 11.5 Å².